The summed E-state index contributed by atoms with van der Waals surface area (Å²) >= 11 is 3.58. The predicted octanol–water partition coefficient (Wildman–Crippen LogP) is 4.70. The second-order valence-electron chi connectivity index (χ2n) is 4.70. The molecule has 0 fully saturated rings. The Kier molecular flexibility index (Phi) is 5.62. The number of hydrogen-bond acceptors (Lipinski definition) is 2. The topological polar surface area (TPSA) is 21.3 Å². The Hall–Kier alpha value is -1.32. The van der Waals surface area contributed by atoms with Crippen LogP contribution in [0.1, 0.15) is 31.1 Å². The summed E-state index contributed by atoms with van der Waals surface area (Å²) in [5.74, 6) is 0.900. The van der Waals surface area contributed by atoms with Crippen molar-refractivity contribution in [2.75, 3.05) is 6.54 Å². The van der Waals surface area contributed by atoms with Gasteiger partial charge in [-0.3, -0.25) is 0 Å². The Labute approximate surface area is 129 Å². The summed E-state index contributed by atoms with van der Waals surface area (Å²) in [6.45, 7) is 5.97. The van der Waals surface area contributed by atoms with Crippen molar-refractivity contribution in [1.29, 1.82) is 0 Å². The fourth-order valence-electron chi connectivity index (χ4n) is 2.02. The zero-order valence-corrected chi connectivity index (χ0v) is 13.5. The van der Waals surface area contributed by atoms with Crippen LogP contribution in [0.2, 0.25) is 0 Å². The molecule has 2 aromatic rings. The molecule has 0 radical (unpaired) electrons. The summed E-state index contributed by atoms with van der Waals surface area (Å²) in [5, 5.41) is 3.33. The zero-order valence-electron chi connectivity index (χ0n) is 11.9. The van der Waals surface area contributed by atoms with E-state index in [1.807, 2.05) is 30.3 Å². The van der Waals surface area contributed by atoms with E-state index in [9.17, 15) is 0 Å². The molecule has 0 saturated carbocycles. The van der Waals surface area contributed by atoms with Gasteiger partial charge in [0.15, 0.2) is 0 Å². The van der Waals surface area contributed by atoms with Crippen molar-refractivity contribution in [2.45, 2.75) is 26.5 Å². The van der Waals surface area contributed by atoms with Crippen LogP contribution >= 0.6 is 15.9 Å². The number of hydrogen-bond donors (Lipinski definition) is 1. The monoisotopic (exact) mass is 333 g/mol. The number of benzene rings is 2. The summed E-state index contributed by atoms with van der Waals surface area (Å²) in [6.07, 6.45) is 0.0457. The molecule has 0 aliphatic heterocycles. The summed E-state index contributed by atoms with van der Waals surface area (Å²) in [7, 11) is 0. The quantitative estimate of drug-likeness (QED) is 0.827. The maximum Gasteiger partial charge on any atom is 0.121 e. The van der Waals surface area contributed by atoms with Gasteiger partial charge >= 0.3 is 0 Å². The molecule has 20 heavy (non-hydrogen) atoms. The summed E-state index contributed by atoms with van der Waals surface area (Å²) < 4.78 is 7.14. The SMILES string of the molecule is CCNCc1cc(OC(C)c2ccccc2)ccc1Br. The van der Waals surface area contributed by atoms with Gasteiger partial charge in [-0.25, -0.2) is 0 Å². The molecule has 0 aromatic heterocycles. The van der Waals surface area contributed by atoms with E-state index in [2.05, 4.69) is 53.3 Å². The van der Waals surface area contributed by atoms with Crippen LogP contribution in [0.4, 0.5) is 0 Å². The van der Waals surface area contributed by atoms with E-state index in [-0.39, 0.29) is 6.10 Å². The number of ether oxygens (including phenoxy) is 1. The van der Waals surface area contributed by atoms with Gasteiger partial charge in [0, 0.05) is 11.0 Å². The number of nitrogens with one attached hydrogen (secondary N) is 1. The minimum Gasteiger partial charge on any atom is -0.486 e. The van der Waals surface area contributed by atoms with Gasteiger partial charge in [-0.05, 0) is 42.8 Å². The van der Waals surface area contributed by atoms with E-state index in [0.717, 1.165) is 23.3 Å². The molecule has 3 heteroatoms. The molecule has 0 heterocycles. The minimum absolute atomic E-state index is 0.0457. The van der Waals surface area contributed by atoms with Crippen LogP contribution in [0.5, 0.6) is 5.75 Å². The molecule has 2 nitrogen and oxygen atoms in total. The van der Waals surface area contributed by atoms with Crippen molar-refractivity contribution in [3.63, 3.8) is 0 Å². The number of rotatable bonds is 6. The Morgan fingerprint density at radius 3 is 2.60 bits per heavy atom. The van der Waals surface area contributed by atoms with E-state index in [4.69, 9.17) is 4.74 Å². The highest BCUT2D eigenvalue weighted by Gasteiger charge is 2.08. The molecule has 0 aliphatic rings. The van der Waals surface area contributed by atoms with Crippen LogP contribution < -0.4 is 10.1 Å². The molecule has 1 N–H and O–H groups in total. The van der Waals surface area contributed by atoms with Crippen LogP contribution in [0.25, 0.3) is 0 Å². The lowest BCUT2D eigenvalue weighted by molar-refractivity contribution is 0.226. The average molecular weight is 334 g/mol. The second kappa shape index (κ2) is 7.46. The largest absolute Gasteiger partial charge is 0.486 e. The summed E-state index contributed by atoms with van der Waals surface area (Å²) in [4.78, 5) is 0. The smallest absolute Gasteiger partial charge is 0.121 e. The molecule has 2 rings (SSSR count). The predicted molar refractivity (Wildman–Crippen MR) is 87.0 cm³/mol. The van der Waals surface area contributed by atoms with Crippen molar-refractivity contribution in [3.05, 3.63) is 64.1 Å². The van der Waals surface area contributed by atoms with Gasteiger partial charge in [0.2, 0.25) is 0 Å². The van der Waals surface area contributed by atoms with Gasteiger partial charge in [0.1, 0.15) is 11.9 Å². The van der Waals surface area contributed by atoms with Crippen LogP contribution in [0.3, 0.4) is 0 Å². The lowest BCUT2D eigenvalue weighted by Gasteiger charge is -2.16. The van der Waals surface area contributed by atoms with Crippen LogP contribution in [-0.2, 0) is 6.54 Å². The summed E-state index contributed by atoms with van der Waals surface area (Å²) in [5.41, 5.74) is 2.40. The Bertz CT molecular complexity index is 542. The molecule has 1 atom stereocenters. The first-order valence-electron chi connectivity index (χ1n) is 6.91. The van der Waals surface area contributed by atoms with Gasteiger partial charge in [-0.15, -0.1) is 0 Å². The molecule has 0 saturated heterocycles. The lowest BCUT2D eigenvalue weighted by Crippen LogP contribution is -2.12. The van der Waals surface area contributed by atoms with Crippen LogP contribution in [0.15, 0.2) is 53.0 Å². The van der Waals surface area contributed by atoms with Crippen LogP contribution in [0, 0.1) is 0 Å². The third kappa shape index (κ3) is 4.09. The van der Waals surface area contributed by atoms with E-state index in [1.165, 1.54) is 11.1 Å². The standard InChI is InChI=1S/C17H20BrNO/c1-3-19-12-15-11-16(9-10-17(15)18)20-13(2)14-7-5-4-6-8-14/h4-11,13,19H,3,12H2,1-2H3. The maximum absolute atomic E-state index is 6.03. The molecule has 0 aliphatic carbocycles. The Morgan fingerprint density at radius 2 is 1.90 bits per heavy atom. The highest BCUT2D eigenvalue weighted by molar-refractivity contribution is 9.10. The van der Waals surface area contributed by atoms with Crippen molar-refractivity contribution >= 4 is 15.9 Å². The van der Waals surface area contributed by atoms with Gasteiger partial charge in [0.05, 0.1) is 0 Å². The van der Waals surface area contributed by atoms with Crippen molar-refractivity contribution in [1.82, 2.24) is 5.32 Å². The molecule has 2 aromatic carbocycles. The van der Waals surface area contributed by atoms with E-state index in [1.54, 1.807) is 0 Å². The van der Waals surface area contributed by atoms with Crippen molar-refractivity contribution in [3.8, 4) is 5.75 Å². The highest BCUT2D eigenvalue weighted by Crippen LogP contribution is 2.26. The maximum atomic E-state index is 6.03. The Balaban J connectivity index is 2.09. The number of halogens is 1. The first-order valence-corrected chi connectivity index (χ1v) is 7.70. The van der Waals surface area contributed by atoms with Gasteiger partial charge in [0.25, 0.3) is 0 Å². The lowest BCUT2D eigenvalue weighted by atomic mass is 10.1. The van der Waals surface area contributed by atoms with Crippen molar-refractivity contribution < 1.29 is 4.74 Å². The van der Waals surface area contributed by atoms with E-state index in [0.29, 0.717) is 0 Å². The van der Waals surface area contributed by atoms with Gasteiger partial charge in [-0.1, -0.05) is 53.2 Å². The normalized spacial score (nSPS) is 12.2. The van der Waals surface area contributed by atoms with Crippen LogP contribution in [-0.4, -0.2) is 6.54 Å². The molecular formula is C17H20BrNO. The molecule has 1 unspecified atom stereocenters. The second-order valence-corrected chi connectivity index (χ2v) is 5.56. The third-order valence-electron chi connectivity index (χ3n) is 3.16. The average Bonchev–Trinajstić information content (AvgIpc) is 2.48. The summed E-state index contributed by atoms with van der Waals surface area (Å²) in [6, 6.07) is 16.4. The fourth-order valence-corrected chi connectivity index (χ4v) is 2.40. The Morgan fingerprint density at radius 1 is 1.15 bits per heavy atom. The zero-order chi connectivity index (χ0) is 14.4. The molecule has 0 spiro atoms. The third-order valence-corrected chi connectivity index (χ3v) is 3.94. The fraction of sp³-hybridized carbons (Fsp3) is 0.294. The molecule has 0 amide bonds. The first kappa shape index (κ1) is 15.1. The van der Waals surface area contributed by atoms with Crippen molar-refractivity contribution in [2.24, 2.45) is 0 Å². The van der Waals surface area contributed by atoms with E-state index < -0.39 is 0 Å². The van der Waals surface area contributed by atoms with Gasteiger partial charge in [-0.2, -0.15) is 0 Å². The minimum atomic E-state index is 0.0457. The molecule has 106 valence electrons. The van der Waals surface area contributed by atoms with E-state index >= 15 is 0 Å². The highest BCUT2D eigenvalue weighted by atomic mass is 79.9. The molecular weight excluding hydrogens is 314 g/mol. The molecule has 0 bridgehead atoms. The van der Waals surface area contributed by atoms with Gasteiger partial charge < -0.3 is 10.1 Å². The first-order chi connectivity index (χ1) is 9.70.